The van der Waals surface area contributed by atoms with Crippen LogP contribution in [0.4, 0.5) is 4.79 Å². The van der Waals surface area contributed by atoms with Gasteiger partial charge in [0.05, 0.1) is 7.11 Å². The smallest absolute Gasteiger partial charge is 0.407 e. The van der Waals surface area contributed by atoms with Crippen molar-refractivity contribution in [2.75, 3.05) is 21.2 Å². The zero-order valence-electron chi connectivity index (χ0n) is 14.1. The van der Waals surface area contributed by atoms with Crippen LogP contribution in [-0.4, -0.2) is 56.2 Å². The second-order valence-electron chi connectivity index (χ2n) is 5.71. The summed E-state index contributed by atoms with van der Waals surface area (Å²) in [6.07, 6.45) is 0.586. The van der Waals surface area contributed by atoms with Crippen molar-refractivity contribution in [3.63, 3.8) is 0 Å². The summed E-state index contributed by atoms with van der Waals surface area (Å²) >= 11 is 0. The minimum Gasteiger partial charge on any atom is -0.471 e. The fourth-order valence-electron chi connectivity index (χ4n) is 1.14. The van der Waals surface area contributed by atoms with Crippen LogP contribution in [0.15, 0.2) is 0 Å². The monoisotopic (exact) mass is 304 g/mol. The Morgan fingerprint density at radius 3 is 2.10 bits per heavy atom. The maximum Gasteiger partial charge on any atom is 0.407 e. The van der Waals surface area contributed by atoms with Gasteiger partial charge in [-0.25, -0.2) is 4.79 Å². The van der Waals surface area contributed by atoms with E-state index in [-0.39, 0.29) is 11.9 Å². The van der Waals surface area contributed by atoms with Gasteiger partial charge in [-0.3, -0.25) is 9.59 Å². The average molecular weight is 304 g/mol. The molecular formula is C14H28N2O5. The van der Waals surface area contributed by atoms with Gasteiger partial charge in [0.25, 0.3) is 6.47 Å². The Kier molecular flexibility index (Phi) is 11.2. The van der Waals surface area contributed by atoms with E-state index in [1.165, 1.54) is 7.11 Å². The Labute approximate surface area is 127 Å². The molecule has 1 unspecified atom stereocenters. The molecule has 7 heteroatoms. The largest absolute Gasteiger partial charge is 0.471 e. The zero-order chi connectivity index (χ0) is 17.1. The Morgan fingerprint density at radius 1 is 1.29 bits per heavy atom. The molecule has 7 nitrogen and oxygen atoms in total. The van der Waals surface area contributed by atoms with Crippen molar-refractivity contribution in [1.29, 1.82) is 0 Å². The summed E-state index contributed by atoms with van der Waals surface area (Å²) in [5.41, 5.74) is -0.497. The number of amides is 2. The minimum absolute atomic E-state index is 0.0582. The van der Waals surface area contributed by atoms with Crippen molar-refractivity contribution in [2.24, 2.45) is 0 Å². The van der Waals surface area contributed by atoms with Gasteiger partial charge in [0.15, 0.2) is 0 Å². The number of alkyl carbamates (subject to hydrolysis) is 1. The van der Waals surface area contributed by atoms with Crippen LogP contribution >= 0.6 is 0 Å². The van der Waals surface area contributed by atoms with Gasteiger partial charge in [-0.15, -0.1) is 0 Å². The third-order valence-electron chi connectivity index (χ3n) is 2.15. The lowest BCUT2D eigenvalue weighted by atomic mass is 10.1. The average Bonchev–Trinajstić information content (AvgIpc) is 2.33. The fraction of sp³-hybridized carbons (Fsp3) is 0.786. The number of methoxy groups -OCH3 is 1. The maximum absolute atomic E-state index is 11.4. The van der Waals surface area contributed by atoms with E-state index in [0.29, 0.717) is 19.3 Å². The van der Waals surface area contributed by atoms with Gasteiger partial charge in [-0.1, -0.05) is 0 Å². The zero-order valence-corrected chi connectivity index (χ0v) is 14.1. The molecule has 0 heterocycles. The van der Waals surface area contributed by atoms with E-state index in [9.17, 15) is 9.59 Å². The first-order valence-electron chi connectivity index (χ1n) is 6.69. The minimum atomic E-state index is -0.497. The van der Waals surface area contributed by atoms with E-state index < -0.39 is 11.7 Å². The number of ether oxygens (including phenoxy) is 2. The summed E-state index contributed by atoms with van der Waals surface area (Å²) in [5, 5.41) is 2.70. The quantitative estimate of drug-likeness (QED) is 0.779. The van der Waals surface area contributed by atoms with Crippen LogP contribution in [0.1, 0.15) is 40.5 Å². The third kappa shape index (κ3) is 16.2. The molecule has 0 fully saturated rings. The van der Waals surface area contributed by atoms with Crippen LogP contribution in [0.25, 0.3) is 0 Å². The maximum atomic E-state index is 11.4. The molecule has 124 valence electrons. The number of hydrogen-bond acceptors (Lipinski definition) is 5. The summed E-state index contributed by atoms with van der Waals surface area (Å²) in [5.74, 6) is 0.0582. The molecule has 0 aliphatic rings. The molecule has 0 aromatic heterocycles. The third-order valence-corrected chi connectivity index (χ3v) is 2.15. The molecule has 0 bridgehead atoms. The van der Waals surface area contributed by atoms with Crippen molar-refractivity contribution in [2.45, 2.75) is 52.2 Å². The SMILES string of the molecule is CC(CCC(=O)N(C)C)NC(=O)OC(C)(C)C.COC=O. The highest BCUT2D eigenvalue weighted by atomic mass is 16.6. The van der Waals surface area contributed by atoms with E-state index in [4.69, 9.17) is 9.53 Å². The summed E-state index contributed by atoms with van der Waals surface area (Å²) in [6.45, 7) is 7.67. The van der Waals surface area contributed by atoms with Gasteiger partial charge >= 0.3 is 6.09 Å². The summed E-state index contributed by atoms with van der Waals surface area (Å²) in [7, 11) is 4.75. The van der Waals surface area contributed by atoms with Gasteiger partial charge in [0, 0.05) is 26.6 Å². The summed E-state index contributed by atoms with van der Waals surface area (Å²) in [4.78, 5) is 33.3. The van der Waals surface area contributed by atoms with Crippen LogP contribution < -0.4 is 5.32 Å². The van der Waals surface area contributed by atoms with E-state index in [0.717, 1.165) is 0 Å². The number of rotatable bonds is 5. The van der Waals surface area contributed by atoms with Crippen molar-refractivity contribution in [3.8, 4) is 0 Å². The lowest BCUT2D eigenvalue weighted by Gasteiger charge is -2.22. The molecular weight excluding hydrogens is 276 g/mol. The van der Waals surface area contributed by atoms with E-state index in [1.54, 1.807) is 19.0 Å². The molecule has 21 heavy (non-hydrogen) atoms. The van der Waals surface area contributed by atoms with Crippen molar-refractivity contribution >= 4 is 18.5 Å². The standard InChI is InChI=1S/C12H24N2O3.C2H4O2/c1-9(7-8-10(15)14(5)6)13-11(16)17-12(2,3)4;1-4-2-3/h9H,7-8H2,1-6H3,(H,13,16);2H,1H3. The van der Waals surface area contributed by atoms with Crippen LogP contribution in [0.3, 0.4) is 0 Å². The number of nitrogens with one attached hydrogen (secondary N) is 1. The molecule has 0 aromatic carbocycles. The van der Waals surface area contributed by atoms with Gasteiger partial charge < -0.3 is 19.7 Å². The van der Waals surface area contributed by atoms with Gasteiger partial charge in [0.1, 0.15) is 5.60 Å². The Bertz CT molecular complexity index is 324. The molecule has 0 aromatic rings. The molecule has 0 saturated carbocycles. The van der Waals surface area contributed by atoms with Crippen LogP contribution in [0.5, 0.6) is 0 Å². The molecule has 1 N–H and O–H groups in total. The van der Waals surface area contributed by atoms with Gasteiger partial charge in [0.2, 0.25) is 5.91 Å². The number of hydrogen-bond donors (Lipinski definition) is 1. The van der Waals surface area contributed by atoms with E-state index >= 15 is 0 Å². The van der Waals surface area contributed by atoms with Gasteiger partial charge in [-0.2, -0.15) is 0 Å². The molecule has 0 aliphatic heterocycles. The highest BCUT2D eigenvalue weighted by molar-refractivity contribution is 5.75. The molecule has 0 saturated heterocycles. The molecule has 0 aliphatic carbocycles. The second kappa shape index (κ2) is 10.9. The Morgan fingerprint density at radius 2 is 1.76 bits per heavy atom. The van der Waals surface area contributed by atoms with Crippen molar-refractivity contribution < 1.29 is 23.9 Å². The summed E-state index contributed by atoms with van der Waals surface area (Å²) < 4.78 is 8.98. The molecule has 0 radical (unpaired) electrons. The number of nitrogens with zero attached hydrogens (tertiary/aromatic N) is 1. The highest BCUT2D eigenvalue weighted by Gasteiger charge is 2.18. The topological polar surface area (TPSA) is 84.9 Å². The van der Waals surface area contributed by atoms with Crippen LogP contribution in [0.2, 0.25) is 0 Å². The Balaban J connectivity index is 0. The predicted octanol–water partition coefficient (Wildman–Crippen LogP) is 1.56. The first kappa shape index (κ1) is 21.5. The number of carbonyl (C=O) groups excluding carboxylic acids is 3. The van der Waals surface area contributed by atoms with Crippen molar-refractivity contribution in [3.05, 3.63) is 0 Å². The fourth-order valence-corrected chi connectivity index (χ4v) is 1.14. The Hall–Kier alpha value is -1.79. The highest BCUT2D eigenvalue weighted by Crippen LogP contribution is 2.07. The molecule has 0 spiro atoms. The summed E-state index contributed by atoms with van der Waals surface area (Å²) in [6, 6.07) is -0.0752. The normalized spacial score (nSPS) is 11.4. The lowest BCUT2D eigenvalue weighted by molar-refractivity contribution is -0.129. The molecule has 2 amide bonds. The lowest BCUT2D eigenvalue weighted by Crippen LogP contribution is -2.38. The van der Waals surface area contributed by atoms with Crippen LogP contribution in [-0.2, 0) is 19.1 Å². The van der Waals surface area contributed by atoms with E-state index in [1.807, 2.05) is 27.7 Å². The first-order chi connectivity index (χ1) is 9.53. The van der Waals surface area contributed by atoms with E-state index in [2.05, 4.69) is 10.1 Å². The second-order valence-corrected chi connectivity index (χ2v) is 5.71. The first-order valence-corrected chi connectivity index (χ1v) is 6.69. The van der Waals surface area contributed by atoms with Crippen LogP contribution in [0, 0.1) is 0 Å². The van der Waals surface area contributed by atoms with Crippen molar-refractivity contribution in [1.82, 2.24) is 10.2 Å². The van der Waals surface area contributed by atoms with Gasteiger partial charge in [-0.05, 0) is 34.1 Å². The number of carbonyl (C=O) groups is 3. The molecule has 1 atom stereocenters. The molecule has 0 rings (SSSR count). The predicted molar refractivity (Wildman–Crippen MR) is 79.8 cm³/mol.